The van der Waals surface area contributed by atoms with Crippen molar-refractivity contribution in [3.8, 4) is 0 Å². The average Bonchev–Trinajstić information content (AvgIpc) is 3.41. The van der Waals surface area contributed by atoms with E-state index in [0.29, 0.717) is 61.7 Å². The molecule has 180 valence electrons. The Labute approximate surface area is 200 Å². The molecule has 1 atom stereocenters. The first-order chi connectivity index (χ1) is 16.9. The van der Waals surface area contributed by atoms with Gasteiger partial charge < -0.3 is 14.4 Å². The summed E-state index contributed by atoms with van der Waals surface area (Å²) in [5, 5.41) is 13.7. The Morgan fingerprint density at radius 1 is 1.09 bits per heavy atom. The molecule has 0 spiro atoms. The Bertz CT molecular complexity index is 1310. The molecule has 2 saturated heterocycles. The van der Waals surface area contributed by atoms with E-state index in [1.54, 1.807) is 12.1 Å². The summed E-state index contributed by atoms with van der Waals surface area (Å²) in [6.07, 6.45) is 1.49. The number of nitrogens with one attached hydrogen (secondary N) is 1. The molecule has 2 N–H and O–H groups in total. The molecule has 10 heteroatoms. The van der Waals surface area contributed by atoms with Crippen LogP contribution in [0.5, 0.6) is 0 Å². The van der Waals surface area contributed by atoms with E-state index in [1.165, 1.54) is 4.90 Å². The van der Waals surface area contributed by atoms with Crippen LogP contribution < -0.4 is 5.32 Å². The number of imide groups is 1. The van der Waals surface area contributed by atoms with Crippen molar-refractivity contribution >= 4 is 28.8 Å². The lowest BCUT2D eigenvalue weighted by atomic mass is 9.87. The van der Waals surface area contributed by atoms with E-state index in [1.807, 2.05) is 24.3 Å². The van der Waals surface area contributed by atoms with Crippen LogP contribution in [-0.4, -0.2) is 61.7 Å². The number of benzene rings is 1. The zero-order valence-corrected chi connectivity index (χ0v) is 19.1. The van der Waals surface area contributed by atoms with Gasteiger partial charge in [0, 0.05) is 19.5 Å². The van der Waals surface area contributed by atoms with Crippen molar-refractivity contribution in [2.45, 2.75) is 50.4 Å². The number of amides is 3. The summed E-state index contributed by atoms with van der Waals surface area (Å²) in [5.41, 5.74) is 2.03. The lowest BCUT2D eigenvalue weighted by Crippen LogP contribution is -2.52. The number of carbonyl (C=O) groups excluding carboxylic acids is 3. The van der Waals surface area contributed by atoms with Crippen molar-refractivity contribution in [3.05, 3.63) is 59.2 Å². The number of hydrogen-bond donors (Lipinski definition) is 2. The highest BCUT2D eigenvalue weighted by Gasteiger charge is 2.41. The van der Waals surface area contributed by atoms with Crippen molar-refractivity contribution in [2.24, 2.45) is 0 Å². The number of oxazole rings is 1. The zero-order chi connectivity index (χ0) is 24.2. The van der Waals surface area contributed by atoms with Crippen LogP contribution in [0.25, 0.3) is 11.1 Å². The Morgan fingerprint density at radius 2 is 1.89 bits per heavy atom. The first-order valence-corrected chi connectivity index (χ1v) is 11.8. The molecule has 0 bridgehead atoms. The second-order valence-electron chi connectivity index (χ2n) is 9.47. The number of aliphatic hydroxyl groups is 1. The Morgan fingerprint density at radius 3 is 2.66 bits per heavy atom. The number of aromatic nitrogens is 2. The third-order valence-electron chi connectivity index (χ3n) is 7.23. The summed E-state index contributed by atoms with van der Waals surface area (Å²) < 4.78 is 5.83. The number of piperidine rings is 2. The molecule has 10 nitrogen and oxygen atoms in total. The van der Waals surface area contributed by atoms with Gasteiger partial charge in [0.15, 0.2) is 5.58 Å². The van der Waals surface area contributed by atoms with Gasteiger partial charge in [-0.05, 0) is 43.5 Å². The van der Waals surface area contributed by atoms with Crippen molar-refractivity contribution in [3.63, 3.8) is 0 Å². The van der Waals surface area contributed by atoms with Crippen LogP contribution in [0.3, 0.4) is 0 Å². The highest BCUT2D eigenvalue weighted by Crippen LogP contribution is 2.35. The van der Waals surface area contributed by atoms with Crippen LogP contribution in [-0.2, 0) is 28.3 Å². The van der Waals surface area contributed by atoms with E-state index in [2.05, 4.69) is 20.2 Å². The number of fused-ring (bicyclic) bond motifs is 2. The fourth-order valence-corrected chi connectivity index (χ4v) is 5.21. The van der Waals surface area contributed by atoms with Gasteiger partial charge in [-0.1, -0.05) is 12.1 Å². The number of para-hydroxylation sites is 2. The molecule has 1 unspecified atom stereocenters. The van der Waals surface area contributed by atoms with Crippen LogP contribution in [0.2, 0.25) is 0 Å². The first kappa shape index (κ1) is 21.9. The Balaban J connectivity index is 1.13. The van der Waals surface area contributed by atoms with Gasteiger partial charge in [0.1, 0.15) is 17.2 Å². The molecule has 3 amide bonds. The van der Waals surface area contributed by atoms with Gasteiger partial charge in [-0.15, -0.1) is 0 Å². The van der Waals surface area contributed by atoms with Crippen molar-refractivity contribution in [1.29, 1.82) is 0 Å². The number of hydrogen-bond acceptors (Lipinski definition) is 8. The molecule has 35 heavy (non-hydrogen) atoms. The summed E-state index contributed by atoms with van der Waals surface area (Å²) in [4.78, 5) is 49.5. The largest absolute Gasteiger partial charge is 0.439 e. The molecule has 3 aliphatic heterocycles. The third kappa shape index (κ3) is 3.88. The molecule has 0 aliphatic carbocycles. The third-order valence-corrected chi connectivity index (χ3v) is 7.23. The van der Waals surface area contributed by atoms with Crippen LogP contribution in [0.1, 0.15) is 53.3 Å². The summed E-state index contributed by atoms with van der Waals surface area (Å²) >= 11 is 0. The molecular formula is C25H25N5O5. The first-order valence-electron chi connectivity index (χ1n) is 11.8. The predicted molar refractivity (Wildman–Crippen MR) is 123 cm³/mol. The second kappa shape index (κ2) is 8.24. The zero-order valence-electron chi connectivity index (χ0n) is 19.1. The number of likely N-dealkylation sites (tertiary alicyclic amines) is 1. The van der Waals surface area contributed by atoms with Gasteiger partial charge >= 0.3 is 0 Å². The Kier molecular flexibility index (Phi) is 5.15. The molecule has 2 fully saturated rings. The van der Waals surface area contributed by atoms with E-state index in [9.17, 15) is 19.5 Å². The SMILES string of the molecule is O=C1CCC(N2Cc3nc(C4(O)CCN(Cc5nc6ccccc6o5)CC4)ccc3C2=O)C(=O)N1. The maximum atomic E-state index is 12.9. The number of nitrogens with zero attached hydrogens (tertiary/aromatic N) is 4. The second-order valence-corrected chi connectivity index (χ2v) is 9.47. The summed E-state index contributed by atoms with van der Waals surface area (Å²) in [7, 11) is 0. The van der Waals surface area contributed by atoms with Gasteiger partial charge in [0.05, 0.1) is 30.0 Å². The lowest BCUT2D eigenvalue weighted by Gasteiger charge is -2.37. The maximum Gasteiger partial charge on any atom is 0.256 e. The summed E-state index contributed by atoms with van der Waals surface area (Å²) in [6, 6.07) is 10.4. The number of carbonyl (C=O) groups is 3. The molecule has 2 aromatic heterocycles. The molecule has 3 aromatic rings. The molecule has 1 aromatic carbocycles. The number of pyridine rings is 1. The van der Waals surface area contributed by atoms with Crippen molar-refractivity contribution < 1.29 is 23.9 Å². The maximum absolute atomic E-state index is 12.9. The molecular weight excluding hydrogens is 450 g/mol. The van der Waals surface area contributed by atoms with Gasteiger partial charge in [-0.25, -0.2) is 4.98 Å². The van der Waals surface area contributed by atoms with Crippen LogP contribution >= 0.6 is 0 Å². The molecule has 5 heterocycles. The summed E-state index contributed by atoms with van der Waals surface area (Å²) in [6.45, 7) is 2.05. The molecule has 0 radical (unpaired) electrons. The highest BCUT2D eigenvalue weighted by molar-refractivity contribution is 6.05. The average molecular weight is 476 g/mol. The smallest absolute Gasteiger partial charge is 0.256 e. The highest BCUT2D eigenvalue weighted by atomic mass is 16.3. The number of rotatable bonds is 4. The van der Waals surface area contributed by atoms with E-state index in [-0.39, 0.29) is 24.8 Å². The van der Waals surface area contributed by atoms with Gasteiger partial charge in [0.2, 0.25) is 17.7 Å². The van der Waals surface area contributed by atoms with Gasteiger partial charge in [0.25, 0.3) is 5.91 Å². The minimum atomic E-state index is -1.10. The lowest BCUT2D eigenvalue weighted by molar-refractivity contribution is -0.136. The summed E-state index contributed by atoms with van der Waals surface area (Å²) in [5.74, 6) is -0.388. The van der Waals surface area contributed by atoms with Crippen LogP contribution in [0, 0.1) is 0 Å². The van der Waals surface area contributed by atoms with Crippen LogP contribution in [0.4, 0.5) is 0 Å². The molecule has 0 saturated carbocycles. The van der Waals surface area contributed by atoms with Crippen molar-refractivity contribution in [2.75, 3.05) is 13.1 Å². The van der Waals surface area contributed by atoms with Crippen LogP contribution in [0.15, 0.2) is 40.8 Å². The Hall–Kier alpha value is -3.63. The minimum absolute atomic E-state index is 0.189. The topological polar surface area (TPSA) is 129 Å². The van der Waals surface area contributed by atoms with Gasteiger partial charge in [-0.2, -0.15) is 0 Å². The van der Waals surface area contributed by atoms with Crippen molar-refractivity contribution in [1.82, 2.24) is 25.1 Å². The van der Waals surface area contributed by atoms with E-state index in [4.69, 9.17) is 4.42 Å². The predicted octanol–water partition coefficient (Wildman–Crippen LogP) is 1.47. The molecule has 6 rings (SSSR count). The fourth-order valence-electron chi connectivity index (χ4n) is 5.21. The van der Waals surface area contributed by atoms with E-state index < -0.39 is 17.6 Å². The van der Waals surface area contributed by atoms with E-state index in [0.717, 1.165) is 11.1 Å². The molecule has 3 aliphatic rings. The quantitative estimate of drug-likeness (QED) is 0.543. The minimum Gasteiger partial charge on any atom is -0.439 e. The fraction of sp³-hybridized carbons (Fsp3) is 0.400. The standard InChI is InChI=1S/C25H25N5O5/c31-21-8-6-18(23(32)28-21)30-13-17-15(24(30)33)5-7-20(26-17)25(34)9-11-29(12-10-25)14-22-27-16-3-1-2-4-19(16)35-22/h1-5,7,18,34H,6,8-14H2,(H,28,31,32). The normalized spacial score (nSPS) is 22.5. The monoisotopic (exact) mass is 475 g/mol. The van der Waals surface area contributed by atoms with Gasteiger partial charge in [-0.3, -0.25) is 29.6 Å². The van der Waals surface area contributed by atoms with E-state index >= 15 is 0 Å².